The summed E-state index contributed by atoms with van der Waals surface area (Å²) in [5.74, 6) is 2.24. The Hall–Kier alpha value is -3.67. The van der Waals surface area contributed by atoms with E-state index in [0.29, 0.717) is 18.1 Å². The first-order chi connectivity index (χ1) is 15.3. The number of hydrazone groups is 1. The highest BCUT2D eigenvalue weighted by molar-refractivity contribution is 5.99. The van der Waals surface area contributed by atoms with Crippen LogP contribution in [0.5, 0.6) is 11.5 Å². The van der Waals surface area contributed by atoms with Gasteiger partial charge in [-0.1, -0.05) is 19.4 Å². The van der Waals surface area contributed by atoms with Gasteiger partial charge >= 0.3 is 0 Å². The van der Waals surface area contributed by atoms with Gasteiger partial charge in [0.1, 0.15) is 17.2 Å². The van der Waals surface area contributed by atoms with Gasteiger partial charge < -0.3 is 9.47 Å². The molecule has 0 spiro atoms. The van der Waals surface area contributed by atoms with Crippen LogP contribution in [0, 0.1) is 0 Å². The average Bonchev–Trinajstić information content (AvgIpc) is 2.81. The topological polar surface area (TPSA) is 68.1 Å². The lowest BCUT2D eigenvalue weighted by molar-refractivity contribution is 0.309. The van der Waals surface area contributed by atoms with Crippen LogP contribution in [0.25, 0.3) is 0 Å². The van der Waals surface area contributed by atoms with Crippen molar-refractivity contribution in [1.82, 2.24) is 10.4 Å². The van der Waals surface area contributed by atoms with Crippen LogP contribution in [0.4, 0.5) is 5.69 Å². The molecule has 0 fully saturated rings. The summed E-state index contributed by atoms with van der Waals surface area (Å²) in [4.78, 5) is 9.06. The van der Waals surface area contributed by atoms with Gasteiger partial charge in [-0.3, -0.25) is 10.4 Å². The normalized spacial score (nSPS) is 11.5. The van der Waals surface area contributed by atoms with Gasteiger partial charge in [0.15, 0.2) is 5.84 Å². The van der Waals surface area contributed by atoms with E-state index in [-0.39, 0.29) is 0 Å². The number of pyridine rings is 1. The van der Waals surface area contributed by atoms with Crippen LogP contribution in [-0.2, 0) is 0 Å². The number of hydrogen-bond donors (Lipinski definition) is 1. The van der Waals surface area contributed by atoms with E-state index in [9.17, 15) is 0 Å². The van der Waals surface area contributed by atoms with Crippen LogP contribution in [0.1, 0.15) is 37.9 Å². The third-order valence-electron chi connectivity index (χ3n) is 4.33. The van der Waals surface area contributed by atoms with Gasteiger partial charge in [-0.2, -0.15) is 5.10 Å². The second-order valence-corrected chi connectivity index (χ2v) is 6.74. The average molecular weight is 417 g/mol. The molecule has 0 amide bonds. The monoisotopic (exact) mass is 416 g/mol. The predicted octanol–water partition coefficient (Wildman–Crippen LogP) is 5.36. The molecule has 6 heteroatoms. The van der Waals surface area contributed by atoms with Crippen molar-refractivity contribution >= 4 is 17.7 Å². The Kier molecular flexibility index (Phi) is 8.61. The van der Waals surface area contributed by atoms with E-state index in [2.05, 4.69) is 27.4 Å². The quantitative estimate of drug-likeness (QED) is 0.209. The van der Waals surface area contributed by atoms with Crippen LogP contribution in [-0.4, -0.2) is 30.2 Å². The van der Waals surface area contributed by atoms with Crippen LogP contribution >= 0.6 is 0 Å². The van der Waals surface area contributed by atoms with Crippen molar-refractivity contribution in [2.75, 3.05) is 13.2 Å². The molecule has 0 aliphatic carbocycles. The van der Waals surface area contributed by atoms with Gasteiger partial charge in [-0.05, 0) is 79.6 Å². The fourth-order valence-corrected chi connectivity index (χ4v) is 2.71. The molecule has 1 N–H and O–H groups in total. The van der Waals surface area contributed by atoms with Gasteiger partial charge in [0.05, 0.1) is 25.1 Å². The number of ether oxygens (including phenoxy) is 2. The molecule has 160 valence electrons. The van der Waals surface area contributed by atoms with Gasteiger partial charge in [-0.25, -0.2) is 4.99 Å². The fourth-order valence-electron chi connectivity index (χ4n) is 2.71. The lowest BCUT2D eigenvalue weighted by Gasteiger charge is -2.07. The molecule has 0 aliphatic rings. The van der Waals surface area contributed by atoms with E-state index in [1.54, 1.807) is 12.4 Å². The maximum Gasteiger partial charge on any atom is 0.172 e. The summed E-state index contributed by atoms with van der Waals surface area (Å²) in [7, 11) is 0. The second-order valence-electron chi connectivity index (χ2n) is 6.74. The van der Waals surface area contributed by atoms with Crippen LogP contribution in [0.15, 0.2) is 83.0 Å². The Morgan fingerprint density at radius 1 is 0.935 bits per heavy atom. The number of aliphatic imine (C=N–C) groups is 1. The fraction of sp³-hybridized carbons (Fsp3) is 0.240. The molecule has 0 saturated heterocycles. The number of hydrogen-bond acceptors (Lipinski definition) is 5. The molecule has 0 saturated carbocycles. The zero-order valence-corrected chi connectivity index (χ0v) is 18.0. The molecule has 6 nitrogen and oxygen atoms in total. The summed E-state index contributed by atoms with van der Waals surface area (Å²) in [6.07, 6.45) is 5.64. The van der Waals surface area contributed by atoms with Crippen LogP contribution in [0.3, 0.4) is 0 Å². The summed E-state index contributed by atoms with van der Waals surface area (Å²) >= 11 is 0. The van der Waals surface area contributed by atoms with Crippen molar-refractivity contribution in [3.63, 3.8) is 0 Å². The standard InChI is InChI=1S/C25H28N4O2/c1-3-5-18-31-23-13-9-20(10-14-23)19-27-29-25(24-8-6-7-17-26-24)28-21-11-15-22(16-12-21)30-4-2/h6-17,19H,3-5,18H2,1-2H3,(H,28,29). The van der Waals surface area contributed by atoms with E-state index in [1.165, 1.54) is 0 Å². The third-order valence-corrected chi connectivity index (χ3v) is 4.33. The molecule has 3 aromatic rings. The molecule has 1 aromatic heterocycles. The zero-order valence-electron chi connectivity index (χ0n) is 18.0. The molecule has 3 rings (SSSR count). The number of unbranched alkanes of at least 4 members (excludes halogenated alkanes) is 1. The first kappa shape index (κ1) is 22.0. The van der Waals surface area contributed by atoms with E-state index in [0.717, 1.165) is 42.2 Å². The summed E-state index contributed by atoms with van der Waals surface area (Å²) in [5.41, 5.74) is 5.46. The minimum atomic E-state index is 0.556. The lowest BCUT2D eigenvalue weighted by atomic mass is 10.2. The van der Waals surface area contributed by atoms with Crippen molar-refractivity contribution in [1.29, 1.82) is 0 Å². The Bertz CT molecular complexity index is 969. The van der Waals surface area contributed by atoms with Crippen molar-refractivity contribution in [3.05, 3.63) is 84.2 Å². The van der Waals surface area contributed by atoms with E-state index < -0.39 is 0 Å². The highest BCUT2D eigenvalue weighted by Gasteiger charge is 2.04. The Morgan fingerprint density at radius 2 is 1.68 bits per heavy atom. The number of nitrogens with one attached hydrogen (secondary N) is 1. The smallest absolute Gasteiger partial charge is 0.172 e. The highest BCUT2D eigenvalue weighted by atomic mass is 16.5. The maximum atomic E-state index is 5.70. The van der Waals surface area contributed by atoms with E-state index >= 15 is 0 Å². The molecule has 2 aromatic carbocycles. The molecule has 31 heavy (non-hydrogen) atoms. The molecule has 1 heterocycles. The minimum Gasteiger partial charge on any atom is -0.494 e. The van der Waals surface area contributed by atoms with Gasteiger partial charge in [0.2, 0.25) is 0 Å². The number of aromatic nitrogens is 1. The van der Waals surface area contributed by atoms with Crippen LogP contribution < -0.4 is 14.9 Å². The summed E-state index contributed by atoms with van der Waals surface area (Å²) in [6, 6.07) is 21.1. The molecular formula is C25H28N4O2. The molecule has 0 aliphatic heterocycles. The summed E-state index contributed by atoms with van der Waals surface area (Å²) in [5, 5.41) is 4.36. The van der Waals surface area contributed by atoms with Crippen molar-refractivity contribution in [2.45, 2.75) is 26.7 Å². The van der Waals surface area contributed by atoms with E-state index in [1.807, 2.05) is 73.7 Å². The lowest BCUT2D eigenvalue weighted by Crippen LogP contribution is -2.20. The highest BCUT2D eigenvalue weighted by Crippen LogP contribution is 2.19. The van der Waals surface area contributed by atoms with E-state index in [4.69, 9.17) is 9.47 Å². The Morgan fingerprint density at radius 3 is 2.35 bits per heavy atom. The van der Waals surface area contributed by atoms with Gasteiger partial charge in [0, 0.05) is 6.20 Å². The number of rotatable bonds is 10. The molecule has 0 atom stereocenters. The van der Waals surface area contributed by atoms with Crippen molar-refractivity contribution < 1.29 is 9.47 Å². The van der Waals surface area contributed by atoms with Gasteiger partial charge in [0.25, 0.3) is 0 Å². The third kappa shape index (κ3) is 7.26. The molecule has 0 radical (unpaired) electrons. The maximum absolute atomic E-state index is 5.70. The first-order valence-corrected chi connectivity index (χ1v) is 10.5. The Balaban J connectivity index is 1.70. The zero-order chi connectivity index (χ0) is 21.7. The molecule has 0 unspecified atom stereocenters. The SMILES string of the molecule is CCCCOc1ccc(C=NNC(=Nc2ccc(OCC)cc2)c2ccccn2)cc1. The largest absolute Gasteiger partial charge is 0.494 e. The summed E-state index contributed by atoms with van der Waals surface area (Å²) in [6.45, 7) is 5.47. The molecular weight excluding hydrogens is 388 g/mol. The molecule has 0 bridgehead atoms. The number of nitrogens with zero attached hydrogens (tertiary/aromatic N) is 3. The first-order valence-electron chi connectivity index (χ1n) is 10.5. The summed E-state index contributed by atoms with van der Waals surface area (Å²) < 4.78 is 11.2. The van der Waals surface area contributed by atoms with Crippen molar-refractivity contribution in [2.24, 2.45) is 10.1 Å². The van der Waals surface area contributed by atoms with Gasteiger partial charge in [-0.15, -0.1) is 0 Å². The van der Waals surface area contributed by atoms with Crippen molar-refractivity contribution in [3.8, 4) is 11.5 Å². The predicted molar refractivity (Wildman–Crippen MR) is 126 cm³/mol. The minimum absolute atomic E-state index is 0.556. The Labute approximate surface area is 183 Å². The number of benzene rings is 2. The second kappa shape index (κ2) is 12.1. The number of amidine groups is 1. The van der Waals surface area contributed by atoms with Crippen LogP contribution in [0.2, 0.25) is 0 Å².